The van der Waals surface area contributed by atoms with Crippen molar-refractivity contribution in [1.29, 1.82) is 0 Å². The van der Waals surface area contributed by atoms with E-state index in [0.29, 0.717) is 23.6 Å². The zero-order valence-corrected chi connectivity index (χ0v) is 18.5. The Kier molecular flexibility index (Phi) is 6.21. The van der Waals surface area contributed by atoms with Crippen LogP contribution in [0.15, 0.2) is 126 Å². The molecule has 0 atom stereocenters. The molecule has 1 heterocycles. The van der Waals surface area contributed by atoms with E-state index in [2.05, 4.69) is 5.32 Å². The minimum atomic E-state index is -0.237. The van der Waals surface area contributed by atoms with Gasteiger partial charge in [0.1, 0.15) is 12.4 Å². The number of furan rings is 1. The van der Waals surface area contributed by atoms with Crippen molar-refractivity contribution >= 4 is 11.6 Å². The van der Waals surface area contributed by atoms with Crippen LogP contribution in [0, 0.1) is 0 Å². The molecule has 4 nitrogen and oxygen atoms in total. The minimum Gasteiger partial charge on any atom is -0.488 e. The zero-order chi connectivity index (χ0) is 23.2. The maximum absolute atomic E-state index is 13.4. The molecule has 0 radical (unpaired) electrons. The van der Waals surface area contributed by atoms with E-state index in [1.165, 1.54) is 0 Å². The first kappa shape index (κ1) is 21.3. The molecule has 5 rings (SSSR count). The second-order valence-corrected chi connectivity index (χ2v) is 7.90. The standard InChI is InChI=1S/C30H23NO3/c32-30(31-27-13-7-12-24(18-27)23-10-5-2-6-11-23)28-19-25(26-16-17-33-21-26)14-15-29(28)34-20-22-8-3-1-4-9-22/h1-19,21H,20H2,(H,31,32). The summed E-state index contributed by atoms with van der Waals surface area (Å²) in [5.41, 5.74) is 6.11. The molecule has 0 spiro atoms. The van der Waals surface area contributed by atoms with Crippen LogP contribution >= 0.6 is 0 Å². The zero-order valence-electron chi connectivity index (χ0n) is 18.5. The third-order valence-electron chi connectivity index (χ3n) is 5.54. The van der Waals surface area contributed by atoms with Gasteiger partial charge in [0.05, 0.1) is 18.1 Å². The molecule has 4 heteroatoms. The van der Waals surface area contributed by atoms with Gasteiger partial charge in [-0.2, -0.15) is 0 Å². The number of anilines is 1. The lowest BCUT2D eigenvalue weighted by atomic mass is 10.0. The van der Waals surface area contributed by atoms with Crippen LogP contribution in [-0.2, 0) is 6.61 Å². The fourth-order valence-electron chi connectivity index (χ4n) is 3.78. The molecule has 5 aromatic rings. The number of amides is 1. The molecule has 0 unspecified atom stereocenters. The number of hydrogen-bond acceptors (Lipinski definition) is 3. The number of carbonyl (C=O) groups excluding carboxylic acids is 1. The predicted molar refractivity (Wildman–Crippen MR) is 135 cm³/mol. The second kappa shape index (κ2) is 9.92. The van der Waals surface area contributed by atoms with Crippen LogP contribution in [0.2, 0.25) is 0 Å². The van der Waals surface area contributed by atoms with E-state index in [4.69, 9.17) is 9.15 Å². The number of benzene rings is 4. The first-order chi connectivity index (χ1) is 16.8. The molecule has 0 aliphatic heterocycles. The molecule has 0 bridgehead atoms. The lowest BCUT2D eigenvalue weighted by Crippen LogP contribution is -2.14. The van der Waals surface area contributed by atoms with Gasteiger partial charge in [-0.25, -0.2) is 0 Å². The molecule has 0 fully saturated rings. The SMILES string of the molecule is O=C(Nc1cccc(-c2ccccc2)c1)c1cc(-c2ccoc2)ccc1OCc1ccccc1. The van der Waals surface area contributed by atoms with Crippen molar-refractivity contribution in [1.82, 2.24) is 0 Å². The number of nitrogens with one attached hydrogen (secondary N) is 1. The third kappa shape index (κ3) is 4.92. The summed E-state index contributed by atoms with van der Waals surface area (Å²) < 4.78 is 11.3. The average molecular weight is 446 g/mol. The maximum Gasteiger partial charge on any atom is 0.259 e. The molecular formula is C30H23NO3. The highest BCUT2D eigenvalue weighted by Crippen LogP contribution is 2.29. The Bertz CT molecular complexity index is 1380. The highest BCUT2D eigenvalue weighted by Gasteiger charge is 2.16. The Hall–Kier alpha value is -4.57. The van der Waals surface area contributed by atoms with E-state index in [1.54, 1.807) is 12.5 Å². The van der Waals surface area contributed by atoms with Crippen LogP contribution in [-0.4, -0.2) is 5.91 Å². The molecular weight excluding hydrogens is 422 g/mol. The molecule has 1 amide bonds. The molecule has 166 valence electrons. The smallest absolute Gasteiger partial charge is 0.259 e. The van der Waals surface area contributed by atoms with E-state index in [1.807, 2.05) is 109 Å². The van der Waals surface area contributed by atoms with Crippen LogP contribution in [0.3, 0.4) is 0 Å². The van der Waals surface area contributed by atoms with Crippen LogP contribution < -0.4 is 10.1 Å². The van der Waals surface area contributed by atoms with E-state index in [0.717, 1.165) is 27.8 Å². The first-order valence-corrected chi connectivity index (χ1v) is 11.1. The summed E-state index contributed by atoms with van der Waals surface area (Å²) in [5, 5.41) is 3.04. The van der Waals surface area contributed by atoms with Crippen molar-refractivity contribution in [3.63, 3.8) is 0 Å². The molecule has 0 aliphatic carbocycles. The van der Waals surface area contributed by atoms with Gasteiger partial charge in [0.25, 0.3) is 5.91 Å². The molecule has 34 heavy (non-hydrogen) atoms. The Morgan fingerprint density at radius 3 is 2.21 bits per heavy atom. The summed E-state index contributed by atoms with van der Waals surface area (Å²) in [5.74, 6) is 0.284. The molecule has 0 saturated heterocycles. The van der Waals surface area contributed by atoms with Crippen LogP contribution in [0.4, 0.5) is 5.69 Å². The lowest BCUT2D eigenvalue weighted by Gasteiger charge is -2.14. The normalized spacial score (nSPS) is 10.6. The summed E-state index contributed by atoms with van der Waals surface area (Å²) in [6.07, 6.45) is 3.27. The van der Waals surface area contributed by atoms with Gasteiger partial charge in [0.15, 0.2) is 0 Å². The van der Waals surface area contributed by atoms with E-state index >= 15 is 0 Å². The van der Waals surface area contributed by atoms with E-state index in [9.17, 15) is 4.79 Å². The van der Waals surface area contributed by atoms with Crippen molar-refractivity contribution in [2.24, 2.45) is 0 Å². The van der Waals surface area contributed by atoms with Gasteiger partial charge >= 0.3 is 0 Å². The van der Waals surface area contributed by atoms with Crippen LogP contribution in [0.5, 0.6) is 5.75 Å². The summed E-state index contributed by atoms with van der Waals surface area (Å²) >= 11 is 0. The number of carbonyl (C=O) groups is 1. The van der Waals surface area contributed by atoms with E-state index < -0.39 is 0 Å². The number of hydrogen-bond donors (Lipinski definition) is 1. The summed E-state index contributed by atoms with van der Waals surface area (Å²) in [7, 11) is 0. The lowest BCUT2D eigenvalue weighted by molar-refractivity contribution is 0.102. The Labute approximate surface area is 198 Å². The van der Waals surface area contributed by atoms with Crippen LogP contribution in [0.1, 0.15) is 15.9 Å². The molecule has 1 aromatic heterocycles. The fraction of sp³-hybridized carbons (Fsp3) is 0.0333. The molecule has 1 N–H and O–H groups in total. The topological polar surface area (TPSA) is 51.5 Å². The summed E-state index contributed by atoms with van der Waals surface area (Å²) in [6, 6.07) is 35.2. The monoisotopic (exact) mass is 445 g/mol. The average Bonchev–Trinajstić information content (AvgIpc) is 3.44. The number of rotatable bonds is 7. The molecule has 4 aromatic carbocycles. The van der Waals surface area contributed by atoms with Crippen molar-refractivity contribution in [3.8, 4) is 28.0 Å². The Morgan fingerprint density at radius 1 is 0.706 bits per heavy atom. The first-order valence-electron chi connectivity index (χ1n) is 11.1. The quantitative estimate of drug-likeness (QED) is 0.283. The fourth-order valence-corrected chi connectivity index (χ4v) is 3.78. The summed E-state index contributed by atoms with van der Waals surface area (Å²) in [6.45, 7) is 0.371. The van der Waals surface area contributed by atoms with Crippen molar-refractivity contribution in [3.05, 3.63) is 133 Å². The maximum atomic E-state index is 13.4. The van der Waals surface area contributed by atoms with Crippen molar-refractivity contribution in [2.45, 2.75) is 6.61 Å². The Balaban J connectivity index is 1.43. The third-order valence-corrected chi connectivity index (χ3v) is 5.54. The second-order valence-electron chi connectivity index (χ2n) is 7.90. The van der Waals surface area contributed by atoms with Crippen molar-refractivity contribution < 1.29 is 13.9 Å². The van der Waals surface area contributed by atoms with Gasteiger partial charge in [0, 0.05) is 11.3 Å². The summed E-state index contributed by atoms with van der Waals surface area (Å²) in [4.78, 5) is 13.4. The molecule has 0 saturated carbocycles. The van der Waals surface area contributed by atoms with Gasteiger partial charge < -0.3 is 14.5 Å². The van der Waals surface area contributed by atoms with Gasteiger partial charge in [-0.3, -0.25) is 4.79 Å². The predicted octanol–water partition coefficient (Wildman–Crippen LogP) is 7.44. The molecule has 0 aliphatic rings. The highest BCUT2D eigenvalue weighted by molar-refractivity contribution is 6.07. The largest absolute Gasteiger partial charge is 0.488 e. The van der Waals surface area contributed by atoms with Crippen molar-refractivity contribution in [2.75, 3.05) is 5.32 Å². The van der Waals surface area contributed by atoms with Crippen LogP contribution in [0.25, 0.3) is 22.3 Å². The van der Waals surface area contributed by atoms with E-state index in [-0.39, 0.29) is 5.91 Å². The van der Waals surface area contributed by atoms with Gasteiger partial charge in [-0.05, 0) is 52.6 Å². The Morgan fingerprint density at radius 2 is 1.44 bits per heavy atom. The van der Waals surface area contributed by atoms with Gasteiger partial charge in [-0.1, -0.05) is 78.9 Å². The minimum absolute atomic E-state index is 0.237. The van der Waals surface area contributed by atoms with Gasteiger partial charge in [0.2, 0.25) is 0 Å². The van der Waals surface area contributed by atoms with Gasteiger partial charge in [-0.15, -0.1) is 0 Å². The highest BCUT2D eigenvalue weighted by atomic mass is 16.5. The number of ether oxygens (including phenoxy) is 1.